The van der Waals surface area contributed by atoms with Gasteiger partial charge < -0.3 is 5.11 Å². The first-order chi connectivity index (χ1) is 7.31. The van der Waals surface area contributed by atoms with E-state index >= 15 is 0 Å². The molecule has 2 heteroatoms. The third-order valence-corrected chi connectivity index (χ3v) is 2.24. The van der Waals surface area contributed by atoms with Gasteiger partial charge in [-0.15, -0.1) is 0 Å². The fourth-order valence-corrected chi connectivity index (χ4v) is 1.48. The maximum absolute atomic E-state index is 10.6. The zero-order valence-corrected chi connectivity index (χ0v) is 8.05. The molecule has 0 heterocycles. The van der Waals surface area contributed by atoms with E-state index in [4.69, 9.17) is 0 Å². The van der Waals surface area contributed by atoms with E-state index in [-0.39, 0.29) is 5.75 Å². The van der Waals surface area contributed by atoms with E-state index in [0.29, 0.717) is 11.1 Å². The van der Waals surface area contributed by atoms with Crippen molar-refractivity contribution in [2.45, 2.75) is 0 Å². The molecule has 0 radical (unpaired) electrons. The minimum atomic E-state index is 0.187. The van der Waals surface area contributed by atoms with Gasteiger partial charge in [0, 0.05) is 11.1 Å². The van der Waals surface area contributed by atoms with E-state index in [9.17, 15) is 9.90 Å². The lowest BCUT2D eigenvalue weighted by atomic mass is 10.0. The van der Waals surface area contributed by atoms with Crippen molar-refractivity contribution in [3.05, 3.63) is 54.1 Å². The zero-order chi connectivity index (χ0) is 10.7. The third-order valence-electron chi connectivity index (χ3n) is 2.24. The number of benzene rings is 2. The Morgan fingerprint density at radius 2 is 1.73 bits per heavy atom. The third kappa shape index (κ3) is 1.89. The Kier molecular flexibility index (Phi) is 2.50. The largest absolute Gasteiger partial charge is 0.507 e. The molecule has 74 valence electrons. The summed E-state index contributed by atoms with van der Waals surface area (Å²) in [4.78, 5) is 10.6. The molecule has 2 aromatic rings. The van der Waals surface area contributed by atoms with Crippen LogP contribution in [0.3, 0.4) is 0 Å². The molecule has 0 aliphatic heterocycles. The summed E-state index contributed by atoms with van der Waals surface area (Å²) in [6.45, 7) is 0. The summed E-state index contributed by atoms with van der Waals surface area (Å²) in [7, 11) is 0. The number of carbonyl (C=O) groups excluding carboxylic acids is 1. The summed E-state index contributed by atoms with van der Waals surface area (Å²) in [6, 6.07) is 14.3. The van der Waals surface area contributed by atoms with Crippen LogP contribution in [-0.2, 0) is 0 Å². The van der Waals surface area contributed by atoms with Crippen molar-refractivity contribution in [2.24, 2.45) is 0 Å². The molecule has 0 saturated carbocycles. The normalized spacial score (nSPS) is 9.87. The summed E-state index contributed by atoms with van der Waals surface area (Å²) >= 11 is 0. The molecule has 0 unspecified atom stereocenters. The molecule has 0 bridgehead atoms. The SMILES string of the molecule is O=Cc1ccc(O)c(-c2ccccc2)c1. The highest BCUT2D eigenvalue weighted by Gasteiger charge is 2.04. The highest BCUT2D eigenvalue weighted by atomic mass is 16.3. The second kappa shape index (κ2) is 3.96. The predicted molar refractivity (Wildman–Crippen MR) is 58.9 cm³/mol. The van der Waals surface area contributed by atoms with Gasteiger partial charge in [0.1, 0.15) is 12.0 Å². The van der Waals surface area contributed by atoms with Crippen LogP contribution in [0.4, 0.5) is 0 Å². The number of rotatable bonds is 2. The molecular formula is C13H10O2. The van der Waals surface area contributed by atoms with Gasteiger partial charge in [0.25, 0.3) is 0 Å². The van der Waals surface area contributed by atoms with Gasteiger partial charge in [-0.3, -0.25) is 4.79 Å². The molecule has 2 nitrogen and oxygen atoms in total. The Bertz CT molecular complexity index is 475. The number of hydrogen-bond donors (Lipinski definition) is 1. The summed E-state index contributed by atoms with van der Waals surface area (Å²) < 4.78 is 0. The van der Waals surface area contributed by atoms with Crippen LogP contribution in [0.1, 0.15) is 10.4 Å². The fraction of sp³-hybridized carbons (Fsp3) is 0. The van der Waals surface area contributed by atoms with Gasteiger partial charge in [-0.25, -0.2) is 0 Å². The number of hydrogen-bond acceptors (Lipinski definition) is 2. The molecule has 0 atom stereocenters. The molecule has 0 aliphatic carbocycles. The molecule has 0 saturated heterocycles. The summed E-state index contributed by atoms with van der Waals surface area (Å²) in [6.07, 6.45) is 0.770. The summed E-state index contributed by atoms with van der Waals surface area (Å²) in [5, 5.41) is 9.67. The van der Waals surface area contributed by atoms with Gasteiger partial charge >= 0.3 is 0 Å². The van der Waals surface area contributed by atoms with Crippen LogP contribution < -0.4 is 0 Å². The second-order valence-corrected chi connectivity index (χ2v) is 3.26. The standard InChI is InChI=1S/C13H10O2/c14-9-10-6-7-13(15)12(8-10)11-4-2-1-3-5-11/h1-9,15H. The highest BCUT2D eigenvalue weighted by Crippen LogP contribution is 2.29. The van der Waals surface area contributed by atoms with Gasteiger partial charge in [0.15, 0.2) is 0 Å². The lowest BCUT2D eigenvalue weighted by molar-refractivity contribution is 0.112. The fourth-order valence-electron chi connectivity index (χ4n) is 1.48. The average Bonchev–Trinajstić information content (AvgIpc) is 2.31. The lowest BCUT2D eigenvalue weighted by Gasteiger charge is -2.04. The Morgan fingerprint density at radius 1 is 1.00 bits per heavy atom. The van der Waals surface area contributed by atoms with E-state index < -0.39 is 0 Å². The molecule has 2 rings (SSSR count). The van der Waals surface area contributed by atoms with E-state index in [0.717, 1.165) is 11.8 Å². The van der Waals surface area contributed by atoms with Crippen molar-refractivity contribution in [1.82, 2.24) is 0 Å². The Morgan fingerprint density at radius 3 is 2.40 bits per heavy atom. The van der Waals surface area contributed by atoms with Crippen LogP contribution in [0, 0.1) is 0 Å². The van der Waals surface area contributed by atoms with Crippen LogP contribution in [0.25, 0.3) is 11.1 Å². The minimum Gasteiger partial charge on any atom is -0.507 e. The monoisotopic (exact) mass is 198 g/mol. The molecular weight excluding hydrogens is 188 g/mol. The van der Waals surface area contributed by atoms with E-state index in [1.165, 1.54) is 6.07 Å². The van der Waals surface area contributed by atoms with E-state index in [1.54, 1.807) is 12.1 Å². The molecule has 0 spiro atoms. The van der Waals surface area contributed by atoms with Crippen molar-refractivity contribution < 1.29 is 9.90 Å². The second-order valence-electron chi connectivity index (χ2n) is 3.26. The van der Waals surface area contributed by atoms with E-state index in [2.05, 4.69) is 0 Å². The molecule has 0 amide bonds. The molecule has 0 fully saturated rings. The average molecular weight is 198 g/mol. The molecule has 2 aromatic carbocycles. The van der Waals surface area contributed by atoms with Crippen molar-refractivity contribution >= 4 is 6.29 Å². The highest BCUT2D eigenvalue weighted by molar-refractivity contribution is 5.81. The number of aromatic hydroxyl groups is 1. The number of carbonyl (C=O) groups is 1. The van der Waals surface area contributed by atoms with Crippen LogP contribution >= 0.6 is 0 Å². The van der Waals surface area contributed by atoms with Gasteiger partial charge in [0.05, 0.1) is 0 Å². The number of aldehydes is 1. The molecule has 0 aliphatic rings. The first-order valence-corrected chi connectivity index (χ1v) is 4.65. The summed E-state index contributed by atoms with van der Waals surface area (Å²) in [5.74, 6) is 0.187. The van der Waals surface area contributed by atoms with Crippen LogP contribution in [0.2, 0.25) is 0 Å². The minimum absolute atomic E-state index is 0.187. The summed E-state index contributed by atoms with van der Waals surface area (Å²) in [5.41, 5.74) is 2.14. The van der Waals surface area contributed by atoms with Crippen LogP contribution in [0.15, 0.2) is 48.5 Å². The quantitative estimate of drug-likeness (QED) is 0.753. The topological polar surface area (TPSA) is 37.3 Å². The van der Waals surface area contributed by atoms with Gasteiger partial charge in [-0.2, -0.15) is 0 Å². The number of phenolic OH excluding ortho intramolecular Hbond substituents is 1. The van der Waals surface area contributed by atoms with Crippen molar-refractivity contribution in [1.29, 1.82) is 0 Å². The van der Waals surface area contributed by atoms with Gasteiger partial charge in [-0.1, -0.05) is 30.3 Å². The Labute approximate surface area is 87.8 Å². The smallest absolute Gasteiger partial charge is 0.150 e. The van der Waals surface area contributed by atoms with Crippen LogP contribution in [0.5, 0.6) is 5.75 Å². The molecule has 1 N–H and O–H groups in total. The first kappa shape index (κ1) is 9.46. The molecule has 0 aromatic heterocycles. The maximum atomic E-state index is 10.6. The van der Waals surface area contributed by atoms with Crippen molar-refractivity contribution in [3.8, 4) is 16.9 Å². The van der Waals surface area contributed by atoms with Crippen molar-refractivity contribution in [3.63, 3.8) is 0 Å². The van der Waals surface area contributed by atoms with Gasteiger partial charge in [0.2, 0.25) is 0 Å². The van der Waals surface area contributed by atoms with Crippen LogP contribution in [-0.4, -0.2) is 11.4 Å². The van der Waals surface area contributed by atoms with Crippen molar-refractivity contribution in [2.75, 3.05) is 0 Å². The lowest BCUT2D eigenvalue weighted by Crippen LogP contribution is -1.83. The Balaban J connectivity index is 2.57. The first-order valence-electron chi connectivity index (χ1n) is 4.65. The molecule has 15 heavy (non-hydrogen) atoms. The van der Waals surface area contributed by atoms with Gasteiger partial charge in [-0.05, 0) is 23.8 Å². The van der Waals surface area contributed by atoms with E-state index in [1.807, 2.05) is 30.3 Å². The predicted octanol–water partition coefficient (Wildman–Crippen LogP) is 2.87. The maximum Gasteiger partial charge on any atom is 0.150 e. The zero-order valence-electron chi connectivity index (χ0n) is 8.05. The number of phenols is 1. The Hall–Kier alpha value is -2.09.